The van der Waals surface area contributed by atoms with Gasteiger partial charge in [0.25, 0.3) is 0 Å². The number of halogens is 1. The Balaban J connectivity index is 1.69. The molecule has 1 aromatic rings. The molecule has 20 heavy (non-hydrogen) atoms. The van der Waals surface area contributed by atoms with Crippen LogP contribution in [0, 0.1) is 6.92 Å². The molecule has 0 saturated carbocycles. The summed E-state index contributed by atoms with van der Waals surface area (Å²) in [6.07, 6.45) is 4.21. The largest absolute Gasteiger partial charge is 0.381 e. The second-order valence-corrected chi connectivity index (χ2v) is 6.71. The van der Waals surface area contributed by atoms with Crippen LogP contribution in [0.2, 0.25) is 0 Å². The highest BCUT2D eigenvalue weighted by atomic mass is 79.9. The predicted molar refractivity (Wildman–Crippen MR) is 84.3 cm³/mol. The van der Waals surface area contributed by atoms with Gasteiger partial charge in [-0.25, -0.2) is 0 Å². The maximum atomic E-state index is 6.10. The van der Waals surface area contributed by atoms with E-state index in [-0.39, 0.29) is 5.60 Å². The van der Waals surface area contributed by atoms with E-state index < -0.39 is 0 Å². The van der Waals surface area contributed by atoms with E-state index in [2.05, 4.69) is 46.4 Å². The summed E-state index contributed by atoms with van der Waals surface area (Å²) in [5.74, 6) is 0. The molecule has 0 radical (unpaired) electrons. The van der Waals surface area contributed by atoms with Crippen LogP contribution in [0.15, 0.2) is 22.7 Å². The van der Waals surface area contributed by atoms with Crippen molar-refractivity contribution in [2.75, 3.05) is 25.1 Å². The number of rotatable bonds is 2. The third-order valence-corrected chi connectivity index (χ3v) is 5.50. The first-order valence-electron chi connectivity index (χ1n) is 7.42. The summed E-state index contributed by atoms with van der Waals surface area (Å²) in [5.41, 5.74) is 2.51. The van der Waals surface area contributed by atoms with Crippen molar-refractivity contribution in [2.24, 2.45) is 0 Å². The number of anilines is 1. The van der Waals surface area contributed by atoms with Crippen molar-refractivity contribution < 1.29 is 9.47 Å². The summed E-state index contributed by atoms with van der Waals surface area (Å²) in [4.78, 5) is 0. The molecule has 1 atom stereocenters. The van der Waals surface area contributed by atoms with Gasteiger partial charge in [-0.2, -0.15) is 0 Å². The third kappa shape index (κ3) is 3.02. The minimum atomic E-state index is 0.0461. The van der Waals surface area contributed by atoms with Crippen molar-refractivity contribution in [3.63, 3.8) is 0 Å². The van der Waals surface area contributed by atoms with Gasteiger partial charge < -0.3 is 14.8 Å². The molecule has 2 aliphatic rings. The van der Waals surface area contributed by atoms with Gasteiger partial charge >= 0.3 is 0 Å². The van der Waals surface area contributed by atoms with Crippen LogP contribution < -0.4 is 5.32 Å². The second kappa shape index (κ2) is 6.04. The first-order valence-corrected chi connectivity index (χ1v) is 8.21. The molecule has 2 saturated heterocycles. The molecule has 1 aromatic carbocycles. The number of hydrogen-bond donors (Lipinski definition) is 1. The normalized spacial score (nSPS) is 25.6. The Bertz CT molecular complexity index is 466. The fourth-order valence-electron chi connectivity index (χ4n) is 3.22. The molecule has 3 rings (SSSR count). The van der Waals surface area contributed by atoms with E-state index in [0.717, 1.165) is 45.5 Å². The van der Waals surface area contributed by atoms with Crippen LogP contribution in [-0.2, 0) is 9.47 Å². The minimum absolute atomic E-state index is 0.0461. The van der Waals surface area contributed by atoms with E-state index in [1.807, 2.05) is 0 Å². The van der Waals surface area contributed by atoms with Gasteiger partial charge in [-0.15, -0.1) is 0 Å². The Kier molecular flexibility index (Phi) is 4.34. The Morgan fingerprint density at radius 3 is 2.85 bits per heavy atom. The fraction of sp³-hybridized carbons (Fsp3) is 0.625. The molecule has 0 amide bonds. The molecule has 3 nitrogen and oxygen atoms in total. The van der Waals surface area contributed by atoms with Gasteiger partial charge in [-0.1, -0.05) is 12.1 Å². The van der Waals surface area contributed by atoms with E-state index >= 15 is 0 Å². The Morgan fingerprint density at radius 1 is 1.25 bits per heavy atom. The average Bonchev–Trinajstić information content (AvgIpc) is 2.45. The molecule has 110 valence electrons. The number of ether oxygens (including phenoxy) is 2. The Labute approximate surface area is 129 Å². The van der Waals surface area contributed by atoms with Crippen LogP contribution in [0.4, 0.5) is 5.69 Å². The highest BCUT2D eigenvalue weighted by molar-refractivity contribution is 9.10. The van der Waals surface area contributed by atoms with Gasteiger partial charge in [-0.05, 0) is 60.2 Å². The van der Waals surface area contributed by atoms with E-state index in [0.29, 0.717) is 6.04 Å². The topological polar surface area (TPSA) is 30.5 Å². The highest BCUT2D eigenvalue weighted by Gasteiger charge is 2.39. The zero-order valence-corrected chi connectivity index (χ0v) is 13.5. The van der Waals surface area contributed by atoms with Crippen molar-refractivity contribution >= 4 is 21.6 Å². The van der Waals surface area contributed by atoms with Gasteiger partial charge in [0.1, 0.15) is 0 Å². The maximum Gasteiger partial charge on any atom is 0.0745 e. The van der Waals surface area contributed by atoms with Gasteiger partial charge in [0.05, 0.1) is 5.60 Å². The first-order chi connectivity index (χ1) is 9.69. The van der Waals surface area contributed by atoms with Crippen molar-refractivity contribution in [3.8, 4) is 0 Å². The van der Waals surface area contributed by atoms with Crippen molar-refractivity contribution in [1.29, 1.82) is 0 Å². The van der Waals surface area contributed by atoms with Crippen molar-refractivity contribution in [1.82, 2.24) is 0 Å². The molecule has 0 aliphatic carbocycles. The molecule has 1 unspecified atom stereocenters. The molecule has 0 bridgehead atoms. The van der Waals surface area contributed by atoms with Crippen LogP contribution in [0.5, 0.6) is 0 Å². The summed E-state index contributed by atoms with van der Waals surface area (Å²) in [6, 6.07) is 6.86. The SMILES string of the molecule is Cc1cccc(NC2CCOC3(CCOCC3)C2)c1Br. The summed E-state index contributed by atoms with van der Waals surface area (Å²) in [7, 11) is 0. The summed E-state index contributed by atoms with van der Waals surface area (Å²) >= 11 is 3.68. The second-order valence-electron chi connectivity index (χ2n) is 5.91. The van der Waals surface area contributed by atoms with Crippen molar-refractivity contribution in [3.05, 3.63) is 28.2 Å². The lowest BCUT2D eigenvalue weighted by atomic mass is 9.84. The molecule has 4 heteroatoms. The molecule has 1 spiro atoms. The summed E-state index contributed by atoms with van der Waals surface area (Å²) in [6.45, 7) is 4.64. The zero-order valence-electron chi connectivity index (χ0n) is 12.0. The molecular formula is C16H22BrNO2. The molecule has 0 aromatic heterocycles. The van der Waals surface area contributed by atoms with Crippen LogP contribution in [-0.4, -0.2) is 31.5 Å². The smallest absolute Gasteiger partial charge is 0.0745 e. The summed E-state index contributed by atoms with van der Waals surface area (Å²) < 4.78 is 12.7. The zero-order chi connectivity index (χ0) is 14.0. The molecular weight excluding hydrogens is 318 g/mol. The number of aryl methyl sites for hydroxylation is 1. The monoisotopic (exact) mass is 339 g/mol. The third-order valence-electron chi connectivity index (χ3n) is 4.45. The quantitative estimate of drug-likeness (QED) is 0.886. The van der Waals surface area contributed by atoms with Gasteiger partial charge in [0.15, 0.2) is 0 Å². The van der Waals surface area contributed by atoms with Gasteiger partial charge in [0.2, 0.25) is 0 Å². The number of benzene rings is 1. The van der Waals surface area contributed by atoms with Crippen LogP contribution >= 0.6 is 15.9 Å². The van der Waals surface area contributed by atoms with E-state index in [4.69, 9.17) is 9.47 Å². The molecule has 2 heterocycles. The van der Waals surface area contributed by atoms with Crippen molar-refractivity contribution in [2.45, 2.75) is 44.2 Å². The Morgan fingerprint density at radius 2 is 2.05 bits per heavy atom. The summed E-state index contributed by atoms with van der Waals surface area (Å²) in [5, 5.41) is 3.69. The lowest BCUT2D eigenvalue weighted by Gasteiger charge is -2.43. The van der Waals surface area contributed by atoms with Gasteiger partial charge in [-0.3, -0.25) is 0 Å². The fourth-order valence-corrected chi connectivity index (χ4v) is 3.60. The lowest BCUT2D eigenvalue weighted by Crippen LogP contribution is -2.47. The van der Waals surface area contributed by atoms with E-state index in [9.17, 15) is 0 Å². The maximum absolute atomic E-state index is 6.10. The molecule has 2 fully saturated rings. The van der Waals surface area contributed by atoms with E-state index in [1.54, 1.807) is 0 Å². The Hall–Kier alpha value is -0.580. The molecule has 1 N–H and O–H groups in total. The van der Waals surface area contributed by atoms with E-state index in [1.165, 1.54) is 15.7 Å². The standard InChI is InChI=1S/C16H22BrNO2/c1-12-3-2-4-14(15(12)17)18-13-5-8-20-16(11-13)6-9-19-10-7-16/h2-4,13,18H,5-11H2,1H3. The predicted octanol–water partition coefficient (Wildman–Crippen LogP) is 3.90. The first kappa shape index (κ1) is 14.4. The highest BCUT2D eigenvalue weighted by Crippen LogP contribution is 2.36. The average molecular weight is 340 g/mol. The van der Waals surface area contributed by atoms with Crippen LogP contribution in [0.25, 0.3) is 0 Å². The van der Waals surface area contributed by atoms with Crippen LogP contribution in [0.3, 0.4) is 0 Å². The van der Waals surface area contributed by atoms with Gasteiger partial charge in [0, 0.05) is 36.0 Å². The molecule has 2 aliphatic heterocycles. The number of hydrogen-bond acceptors (Lipinski definition) is 3. The minimum Gasteiger partial charge on any atom is -0.381 e. The lowest BCUT2D eigenvalue weighted by molar-refractivity contribution is -0.135. The van der Waals surface area contributed by atoms with Crippen LogP contribution in [0.1, 0.15) is 31.2 Å². The number of nitrogens with one attached hydrogen (secondary N) is 1.